The van der Waals surface area contributed by atoms with Crippen LogP contribution in [0.15, 0.2) is 18.2 Å². The first-order valence-corrected chi connectivity index (χ1v) is 6.28. The van der Waals surface area contributed by atoms with Crippen LogP contribution in [-0.4, -0.2) is 25.0 Å². The monoisotopic (exact) mass is 282 g/mol. The van der Waals surface area contributed by atoms with Gasteiger partial charge in [-0.25, -0.2) is 9.18 Å². The van der Waals surface area contributed by atoms with Gasteiger partial charge in [0.2, 0.25) is 5.91 Å². The number of carbonyl (C=O) groups is 2. The van der Waals surface area contributed by atoms with Gasteiger partial charge < -0.3 is 15.8 Å². The smallest absolute Gasteiger partial charge is 0.328 e. The maximum atomic E-state index is 13.9. The van der Waals surface area contributed by atoms with Crippen LogP contribution in [0.1, 0.15) is 30.6 Å². The van der Waals surface area contributed by atoms with Crippen LogP contribution in [0.3, 0.4) is 0 Å². The zero-order valence-corrected chi connectivity index (χ0v) is 11.8. The highest BCUT2D eigenvalue weighted by Gasteiger charge is 2.21. The molecule has 0 fully saturated rings. The van der Waals surface area contributed by atoms with Gasteiger partial charge in [-0.1, -0.05) is 13.8 Å². The highest BCUT2D eigenvalue weighted by molar-refractivity contribution is 5.93. The van der Waals surface area contributed by atoms with Gasteiger partial charge in [-0.15, -0.1) is 0 Å². The minimum atomic E-state index is -0.706. The molecule has 0 radical (unpaired) electrons. The van der Waals surface area contributed by atoms with E-state index in [0.717, 1.165) is 6.07 Å². The lowest BCUT2D eigenvalue weighted by Gasteiger charge is -2.19. The fraction of sp³-hybridized carbons (Fsp3) is 0.429. The standard InChI is InChI=1S/C14H19FN2O3/c1-8(2)6-12(14(19)20-3)17-11-5-4-9(13(16)18)7-10(11)15/h4-5,7-8,12,17H,6H2,1-3H3,(H2,16,18). The number of amides is 1. The number of hydrogen-bond acceptors (Lipinski definition) is 4. The molecule has 0 spiro atoms. The van der Waals surface area contributed by atoms with Crippen molar-refractivity contribution >= 4 is 17.6 Å². The molecule has 6 heteroatoms. The number of carbonyl (C=O) groups excluding carboxylic acids is 2. The largest absolute Gasteiger partial charge is 0.467 e. The Labute approximate surface area is 117 Å². The van der Waals surface area contributed by atoms with Crippen molar-refractivity contribution in [1.29, 1.82) is 0 Å². The van der Waals surface area contributed by atoms with Gasteiger partial charge in [-0.2, -0.15) is 0 Å². The summed E-state index contributed by atoms with van der Waals surface area (Å²) in [6.07, 6.45) is 0.504. The molecule has 3 N–H and O–H groups in total. The van der Waals surface area contributed by atoms with E-state index in [1.807, 2.05) is 13.8 Å². The topological polar surface area (TPSA) is 81.4 Å². The SMILES string of the molecule is COC(=O)C(CC(C)C)Nc1ccc(C(N)=O)cc1F. The van der Waals surface area contributed by atoms with E-state index in [9.17, 15) is 14.0 Å². The Kier molecular flexibility index (Phi) is 5.49. The van der Waals surface area contributed by atoms with Crippen molar-refractivity contribution in [1.82, 2.24) is 0 Å². The summed E-state index contributed by atoms with van der Waals surface area (Å²) in [5, 5.41) is 2.79. The highest BCUT2D eigenvalue weighted by Crippen LogP contribution is 2.19. The molecule has 0 bridgehead atoms. The number of benzene rings is 1. The van der Waals surface area contributed by atoms with E-state index in [0.29, 0.717) is 6.42 Å². The van der Waals surface area contributed by atoms with E-state index in [2.05, 4.69) is 10.1 Å². The number of nitrogens with two attached hydrogens (primary N) is 1. The number of hydrogen-bond donors (Lipinski definition) is 2. The predicted molar refractivity (Wildman–Crippen MR) is 73.8 cm³/mol. The Morgan fingerprint density at radius 2 is 2.05 bits per heavy atom. The summed E-state index contributed by atoms with van der Waals surface area (Å²) < 4.78 is 18.5. The molecule has 1 aromatic rings. The van der Waals surface area contributed by atoms with Gasteiger partial charge in [-0.05, 0) is 30.5 Å². The number of anilines is 1. The first-order valence-electron chi connectivity index (χ1n) is 6.28. The Morgan fingerprint density at radius 3 is 2.50 bits per heavy atom. The number of rotatable bonds is 6. The normalized spacial score (nSPS) is 12.1. The summed E-state index contributed by atoms with van der Waals surface area (Å²) in [5.74, 6) is -1.57. The van der Waals surface area contributed by atoms with Gasteiger partial charge in [0.1, 0.15) is 11.9 Å². The van der Waals surface area contributed by atoms with Crippen LogP contribution in [0.25, 0.3) is 0 Å². The molecule has 0 aliphatic carbocycles. The molecule has 0 aromatic heterocycles. The second-order valence-corrected chi connectivity index (χ2v) is 4.91. The van der Waals surface area contributed by atoms with Gasteiger partial charge >= 0.3 is 5.97 Å². The Hall–Kier alpha value is -2.11. The second kappa shape index (κ2) is 6.88. The number of methoxy groups -OCH3 is 1. The van der Waals surface area contributed by atoms with E-state index in [4.69, 9.17) is 5.73 Å². The van der Waals surface area contributed by atoms with Crippen molar-refractivity contribution in [2.45, 2.75) is 26.3 Å². The van der Waals surface area contributed by atoms with Crippen LogP contribution in [0.2, 0.25) is 0 Å². The van der Waals surface area contributed by atoms with Crippen molar-refractivity contribution in [3.63, 3.8) is 0 Å². The number of halogens is 1. The summed E-state index contributed by atoms with van der Waals surface area (Å²) in [6, 6.07) is 3.17. The average Bonchev–Trinajstić information content (AvgIpc) is 2.38. The lowest BCUT2D eigenvalue weighted by atomic mass is 10.0. The Morgan fingerprint density at radius 1 is 1.40 bits per heavy atom. The third kappa shape index (κ3) is 4.22. The highest BCUT2D eigenvalue weighted by atomic mass is 19.1. The van der Waals surface area contributed by atoms with Crippen molar-refractivity contribution in [2.24, 2.45) is 11.7 Å². The molecular formula is C14H19FN2O3. The number of primary amides is 1. The number of ether oxygens (including phenoxy) is 1. The Balaban J connectivity index is 2.93. The minimum Gasteiger partial charge on any atom is -0.467 e. The van der Waals surface area contributed by atoms with Crippen LogP contribution in [-0.2, 0) is 9.53 Å². The molecule has 1 unspecified atom stereocenters. The van der Waals surface area contributed by atoms with Crippen LogP contribution in [0, 0.1) is 11.7 Å². The van der Waals surface area contributed by atoms with Gasteiger partial charge in [0.25, 0.3) is 0 Å². The first kappa shape index (κ1) is 15.9. The second-order valence-electron chi connectivity index (χ2n) is 4.91. The fourth-order valence-corrected chi connectivity index (χ4v) is 1.80. The zero-order valence-electron chi connectivity index (χ0n) is 11.8. The number of nitrogens with one attached hydrogen (secondary N) is 1. The van der Waals surface area contributed by atoms with Crippen LogP contribution < -0.4 is 11.1 Å². The molecule has 1 rings (SSSR count). The summed E-state index contributed by atoms with van der Waals surface area (Å²) in [4.78, 5) is 22.6. The molecule has 0 saturated heterocycles. The number of esters is 1. The van der Waals surface area contributed by atoms with E-state index >= 15 is 0 Å². The maximum absolute atomic E-state index is 13.9. The van der Waals surface area contributed by atoms with Gasteiger partial charge in [0, 0.05) is 5.56 Å². The summed E-state index contributed by atoms with van der Waals surface area (Å²) in [7, 11) is 1.28. The van der Waals surface area contributed by atoms with Gasteiger partial charge in [0.15, 0.2) is 0 Å². The summed E-state index contributed by atoms with van der Waals surface area (Å²) in [5.41, 5.74) is 5.28. The van der Waals surface area contributed by atoms with E-state index in [1.165, 1.54) is 19.2 Å². The van der Waals surface area contributed by atoms with Crippen molar-refractivity contribution in [3.8, 4) is 0 Å². The van der Waals surface area contributed by atoms with E-state index in [-0.39, 0.29) is 17.2 Å². The maximum Gasteiger partial charge on any atom is 0.328 e. The summed E-state index contributed by atoms with van der Waals surface area (Å²) >= 11 is 0. The predicted octanol–water partition coefficient (Wildman–Crippen LogP) is 1.92. The van der Waals surface area contributed by atoms with Crippen molar-refractivity contribution in [3.05, 3.63) is 29.6 Å². The fourth-order valence-electron chi connectivity index (χ4n) is 1.80. The Bertz CT molecular complexity index is 503. The van der Waals surface area contributed by atoms with Gasteiger partial charge in [0.05, 0.1) is 12.8 Å². The lowest BCUT2D eigenvalue weighted by Crippen LogP contribution is -2.32. The quantitative estimate of drug-likeness (QED) is 0.781. The minimum absolute atomic E-state index is 0.0755. The molecular weight excluding hydrogens is 263 g/mol. The lowest BCUT2D eigenvalue weighted by molar-refractivity contribution is -0.141. The van der Waals surface area contributed by atoms with Crippen molar-refractivity contribution in [2.75, 3.05) is 12.4 Å². The molecule has 0 heterocycles. The molecule has 1 aromatic carbocycles. The zero-order chi connectivity index (χ0) is 15.3. The molecule has 20 heavy (non-hydrogen) atoms. The molecule has 5 nitrogen and oxygen atoms in total. The van der Waals surface area contributed by atoms with Crippen LogP contribution >= 0.6 is 0 Å². The van der Waals surface area contributed by atoms with E-state index in [1.54, 1.807) is 0 Å². The molecule has 110 valence electrons. The molecule has 0 aliphatic heterocycles. The first-order chi connectivity index (χ1) is 9.35. The molecule has 0 aliphatic rings. The third-order valence-electron chi connectivity index (χ3n) is 2.78. The van der Waals surface area contributed by atoms with Gasteiger partial charge in [-0.3, -0.25) is 4.79 Å². The molecule has 0 saturated carbocycles. The van der Waals surface area contributed by atoms with Crippen LogP contribution in [0.4, 0.5) is 10.1 Å². The third-order valence-corrected chi connectivity index (χ3v) is 2.78. The summed E-state index contributed by atoms with van der Waals surface area (Å²) in [6.45, 7) is 3.90. The van der Waals surface area contributed by atoms with Crippen molar-refractivity contribution < 1.29 is 18.7 Å². The van der Waals surface area contributed by atoms with Crippen LogP contribution in [0.5, 0.6) is 0 Å². The van der Waals surface area contributed by atoms with E-state index < -0.39 is 23.7 Å². The average molecular weight is 282 g/mol. The molecule has 1 amide bonds. The molecule has 1 atom stereocenters.